The number of benzene rings is 2. The molecule has 142 valence electrons. The number of rotatable bonds is 3. The molecule has 0 saturated carbocycles. The summed E-state index contributed by atoms with van der Waals surface area (Å²) in [6, 6.07) is 18.0. The van der Waals surface area contributed by atoms with Crippen molar-refractivity contribution in [3.8, 4) is 11.3 Å². The van der Waals surface area contributed by atoms with Crippen LogP contribution >= 0.6 is 15.9 Å². The van der Waals surface area contributed by atoms with Gasteiger partial charge in [-0.1, -0.05) is 58.4 Å². The largest absolute Gasteiger partial charge is 0.337 e. The van der Waals surface area contributed by atoms with E-state index in [1.54, 1.807) is 7.05 Å². The minimum Gasteiger partial charge on any atom is -0.337 e. The molecule has 5 nitrogen and oxygen atoms in total. The molecule has 0 unspecified atom stereocenters. The lowest BCUT2D eigenvalue weighted by molar-refractivity contribution is 0.650. The van der Waals surface area contributed by atoms with Crippen molar-refractivity contribution < 1.29 is 0 Å². The van der Waals surface area contributed by atoms with Crippen LogP contribution in [0.4, 0.5) is 0 Å². The Kier molecular flexibility index (Phi) is 4.59. The number of aryl methyl sites for hydroxylation is 1. The molecule has 4 rings (SSSR count). The lowest BCUT2D eigenvalue weighted by atomic mass is 10.1. The van der Waals surface area contributed by atoms with Gasteiger partial charge in [-0.2, -0.15) is 0 Å². The molecule has 0 N–H and O–H groups in total. The Morgan fingerprint density at radius 2 is 1.64 bits per heavy atom. The van der Waals surface area contributed by atoms with Gasteiger partial charge < -0.3 is 4.57 Å². The first-order valence-corrected chi connectivity index (χ1v) is 9.81. The maximum absolute atomic E-state index is 13.1. The second-order valence-corrected chi connectivity index (χ2v) is 7.86. The fourth-order valence-electron chi connectivity index (χ4n) is 3.69. The van der Waals surface area contributed by atoms with Gasteiger partial charge in [0.05, 0.1) is 22.6 Å². The van der Waals surface area contributed by atoms with Gasteiger partial charge in [0.15, 0.2) is 0 Å². The van der Waals surface area contributed by atoms with Crippen LogP contribution in [0.2, 0.25) is 0 Å². The molecule has 4 aromatic rings. The molecule has 0 amide bonds. The number of fused-ring (bicyclic) bond motifs is 1. The molecular weight excluding hydrogens is 418 g/mol. The topological polar surface area (TPSA) is 48.9 Å². The van der Waals surface area contributed by atoms with E-state index >= 15 is 0 Å². The second-order valence-electron chi connectivity index (χ2n) is 6.95. The molecule has 2 heterocycles. The van der Waals surface area contributed by atoms with Crippen LogP contribution in [-0.4, -0.2) is 13.7 Å². The SMILES string of the molecule is C[C@@H](c1ccccc1)n1cc2c(c1-c1cccc(Br)c1)c(=O)n(C)c(=O)n2C. The van der Waals surface area contributed by atoms with Gasteiger partial charge in [-0.05, 0) is 24.6 Å². The number of aromatic nitrogens is 3. The molecule has 2 aromatic carbocycles. The summed E-state index contributed by atoms with van der Waals surface area (Å²) in [4.78, 5) is 25.5. The summed E-state index contributed by atoms with van der Waals surface area (Å²) < 4.78 is 5.72. The van der Waals surface area contributed by atoms with Gasteiger partial charge in [0.25, 0.3) is 5.56 Å². The van der Waals surface area contributed by atoms with Crippen LogP contribution in [0.15, 0.2) is 74.9 Å². The fraction of sp³-hybridized carbons (Fsp3) is 0.182. The summed E-state index contributed by atoms with van der Waals surface area (Å²) in [5, 5.41) is 0.547. The second kappa shape index (κ2) is 6.95. The first-order valence-electron chi connectivity index (χ1n) is 9.01. The van der Waals surface area contributed by atoms with Crippen molar-refractivity contribution in [3.05, 3.63) is 91.7 Å². The van der Waals surface area contributed by atoms with Crippen molar-refractivity contribution in [2.75, 3.05) is 0 Å². The predicted molar refractivity (Wildman–Crippen MR) is 116 cm³/mol. The summed E-state index contributed by atoms with van der Waals surface area (Å²) in [6.07, 6.45) is 1.91. The molecule has 0 bridgehead atoms. The highest BCUT2D eigenvalue weighted by Crippen LogP contribution is 2.34. The normalized spacial score (nSPS) is 12.4. The maximum atomic E-state index is 13.1. The minimum absolute atomic E-state index is 0.0117. The molecule has 0 radical (unpaired) electrons. The molecule has 0 aliphatic rings. The fourth-order valence-corrected chi connectivity index (χ4v) is 4.09. The van der Waals surface area contributed by atoms with Crippen LogP contribution in [0.25, 0.3) is 22.2 Å². The first-order chi connectivity index (χ1) is 13.4. The summed E-state index contributed by atoms with van der Waals surface area (Å²) in [7, 11) is 3.22. The van der Waals surface area contributed by atoms with E-state index in [2.05, 4.69) is 39.6 Å². The Morgan fingerprint density at radius 1 is 0.929 bits per heavy atom. The van der Waals surface area contributed by atoms with Crippen LogP contribution in [-0.2, 0) is 14.1 Å². The van der Waals surface area contributed by atoms with E-state index in [-0.39, 0.29) is 17.3 Å². The molecular formula is C22H20BrN3O2. The molecule has 6 heteroatoms. The van der Waals surface area contributed by atoms with Gasteiger partial charge in [-0.25, -0.2) is 4.79 Å². The Hall–Kier alpha value is -2.86. The Morgan fingerprint density at radius 3 is 2.32 bits per heavy atom. The summed E-state index contributed by atoms with van der Waals surface area (Å²) in [5.41, 5.74) is 2.87. The zero-order chi connectivity index (χ0) is 20.0. The van der Waals surface area contributed by atoms with E-state index in [4.69, 9.17) is 0 Å². The van der Waals surface area contributed by atoms with Gasteiger partial charge >= 0.3 is 5.69 Å². The Labute approximate surface area is 170 Å². The van der Waals surface area contributed by atoms with Crippen molar-refractivity contribution in [2.24, 2.45) is 14.1 Å². The van der Waals surface area contributed by atoms with Crippen molar-refractivity contribution in [1.29, 1.82) is 0 Å². The number of hydrogen-bond acceptors (Lipinski definition) is 2. The average Bonchev–Trinajstić information content (AvgIpc) is 3.11. The monoisotopic (exact) mass is 437 g/mol. The molecule has 1 atom stereocenters. The number of hydrogen-bond donors (Lipinski definition) is 0. The van der Waals surface area contributed by atoms with Gasteiger partial charge in [-0.3, -0.25) is 13.9 Å². The third-order valence-corrected chi connectivity index (χ3v) is 5.76. The highest BCUT2D eigenvalue weighted by Gasteiger charge is 2.22. The maximum Gasteiger partial charge on any atom is 0.330 e. The van der Waals surface area contributed by atoms with E-state index < -0.39 is 0 Å². The van der Waals surface area contributed by atoms with Crippen LogP contribution in [0, 0.1) is 0 Å². The Bertz CT molecular complexity index is 1300. The number of halogens is 1. The zero-order valence-corrected chi connectivity index (χ0v) is 17.5. The smallest absolute Gasteiger partial charge is 0.330 e. The van der Waals surface area contributed by atoms with Crippen LogP contribution in [0.1, 0.15) is 18.5 Å². The summed E-state index contributed by atoms with van der Waals surface area (Å²) >= 11 is 3.53. The Balaban J connectivity index is 2.14. The summed E-state index contributed by atoms with van der Waals surface area (Å²) in [6.45, 7) is 2.10. The molecule has 2 aromatic heterocycles. The van der Waals surface area contributed by atoms with Crippen LogP contribution in [0.3, 0.4) is 0 Å². The molecule has 0 aliphatic heterocycles. The molecule has 0 fully saturated rings. The van der Waals surface area contributed by atoms with Gasteiger partial charge in [0.1, 0.15) is 0 Å². The van der Waals surface area contributed by atoms with Gasteiger partial charge in [0.2, 0.25) is 0 Å². The average molecular weight is 438 g/mol. The molecule has 0 saturated heterocycles. The lowest BCUT2D eigenvalue weighted by Gasteiger charge is -2.18. The van der Waals surface area contributed by atoms with E-state index in [1.807, 2.05) is 48.7 Å². The van der Waals surface area contributed by atoms with E-state index in [1.165, 1.54) is 16.2 Å². The molecule has 0 aliphatic carbocycles. The van der Waals surface area contributed by atoms with Crippen molar-refractivity contribution >= 4 is 26.8 Å². The van der Waals surface area contributed by atoms with Crippen LogP contribution in [0.5, 0.6) is 0 Å². The van der Waals surface area contributed by atoms with E-state index in [0.717, 1.165) is 21.3 Å². The third kappa shape index (κ3) is 2.85. The lowest BCUT2D eigenvalue weighted by Crippen LogP contribution is -2.36. The quantitative estimate of drug-likeness (QED) is 0.484. The van der Waals surface area contributed by atoms with Crippen molar-refractivity contribution in [1.82, 2.24) is 13.7 Å². The van der Waals surface area contributed by atoms with E-state index in [0.29, 0.717) is 10.9 Å². The van der Waals surface area contributed by atoms with Gasteiger partial charge in [-0.15, -0.1) is 0 Å². The van der Waals surface area contributed by atoms with Crippen molar-refractivity contribution in [3.63, 3.8) is 0 Å². The number of nitrogens with zero attached hydrogens (tertiary/aromatic N) is 3. The molecule has 0 spiro atoms. The first kappa shape index (κ1) is 18.5. The van der Waals surface area contributed by atoms with Crippen molar-refractivity contribution in [2.45, 2.75) is 13.0 Å². The minimum atomic E-state index is -0.331. The van der Waals surface area contributed by atoms with Crippen LogP contribution < -0.4 is 11.2 Å². The zero-order valence-electron chi connectivity index (χ0n) is 15.9. The predicted octanol–water partition coefficient (Wildman–Crippen LogP) is 4.08. The standard InChI is InChI=1S/C22H20BrN3O2/c1-14(15-8-5-4-6-9-15)26-13-18-19(21(27)25(3)22(28)24(18)2)20(26)16-10-7-11-17(23)12-16/h4-14H,1-3H3/t14-/m0/s1. The van der Waals surface area contributed by atoms with E-state index in [9.17, 15) is 9.59 Å². The summed E-state index contributed by atoms with van der Waals surface area (Å²) in [5.74, 6) is 0. The highest BCUT2D eigenvalue weighted by atomic mass is 79.9. The highest BCUT2D eigenvalue weighted by molar-refractivity contribution is 9.10. The van der Waals surface area contributed by atoms with Gasteiger partial charge in [0, 0.05) is 30.3 Å². The third-order valence-electron chi connectivity index (χ3n) is 5.26. The molecule has 28 heavy (non-hydrogen) atoms.